The highest BCUT2D eigenvalue weighted by Crippen LogP contribution is 2.40. The number of nitrogens with zero attached hydrogens (tertiary/aromatic N) is 3. The molecule has 2 aromatic heterocycles. The van der Waals surface area contributed by atoms with Crippen LogP contribution in [0.4, 0.5) is 0 Å². The summed E-state index contributed by atoms with van der Waals surface area (Å²) in [6.07, 6.45) is 0.140. The molecular weight excluding hydrogens is 609 g/mol. The minimum absolute atomic E-state index is 0.0220. The average molecular weight is 657 g/mol. The molecule has 0 saturated carbocycles. The molecule has 1 aliphatic rings. The lowest BCUT2D eigenvalue weighted by Crippen LogP contribution is -2.48. The number of carbonyl (C=O) groups excluding carboxylic acids is 2. The van der Waals surface area contributed by atoms with E-state index >= 15 is 0 Å². The fourth-order valence-corrected chi connectivity index (χ4v) is 7.58. The SMILES string of the molecule is Cc1ncsc1-c1ccc([C@H](C)NC(=O)[C@@H]2C[C@@H](O[Si](C)(C)C(C)(C)C)CN2C(=O)[C@@H](c2cc(OCCO)no2)C(C)C)cc1. The first kappa shape index (κ1) is 34.8. The second kappa shape index (κ2) is 14.1. The molecule has 0 aliphatic carbocycles. The number of ether oxygens (including phenoxy) is 1. The van der Waals surface area contributed by atoms with E-state index in [4.69, 9.17) is 18.8 Å². The van der Waals surface area contributed by atoms with Crippen molar-refractivity contribution in [3.63, 3.8) is 0 Å². The number of aliphatic hydroxyl groups excluding tert-OH is 1. The molecular formula is C33H48N4O6SSi. The van der Waals surface area contributed by atoms with Gasteiger partial charge in [-0.25, -0.2) is 4.98 Å². The summed E-state index contributed by atoms with van der Waals surface area (Å²) < 4.78 is 17.7. The van der Waals surface area contributed by atoms with Crippen LogP contribution in [0.1, 0.15) is 76.9 Å². The molecule has 1 fully saturated rings. The molecule has 1 aliphatic heterocycles. The van der Waals surface area contributed by atoms with Crippen molar-refractivity contribution in [3.8, 4) is 16.3 Å². The van der Waals surface area contributed by atoms with Crippen molar-refractivity contribution in [2.45, 2.75) is 97.1 Å². The smallest absolute Gasteiger partial charge is 0.254 e. The van der Waals surface area contributed by atoms with Crippen LogP contribution >= 0.6 is 11.3 Å². The maximum Gasteiger partial charge on any atom is 0.254 e. The number of rotatable bonds is 12. The van der Waals surface area contributed by atoms with E-state index < -0.39 is 20.3 Å². The number of benzene rings is 1. The van der Waals surface area contributed by atoms with Crippen molar-refractivity contribution in [1.29, 1.82) is 0 Å². The van der Waals surface area contributed by atoms with Gasteiger partial charge in [0.2, 0.25) is 11.8 Å². The third-order valence-corrected chi connectivity index (χ3v) is 14.5. The first-order chi connectivity index (χ1) is 21.1. The third kappa shape index (κ3) is 8.03. The van der Waals surface area contributed by atoms with Crippen molar-refractivity contribution in [3.05, 3.63) is 52.9 Å². The molecule has 0 radical (unpaired) electrons. The maximum absolute atomic E-state index is 14.3. The van der Waals surface area contributed by atoms with Gasteiger partial charge in [-0.2, -0.15) is 0 Å². The van der Waals surface area contributed by atoms with E-state index in [0.717, 1.165) is 21.7 Å². The number of amides is 2. The summed E-state index contributed by atoms with van der Waals surface area (Å²) in [6.45, 7) is 19.0. The van der Waals surface area contributed by atoms with Crippen LogP contribution in [0.25, 0.3) is 10.4 Å². The Balaban J connectivity index is 1.57. The predicted octanol–water partition coefficient (Wildman–Crippen LogP) is 6.09. The summed E-state index contributed by atoms with van der Waals surface area (Å²) in [7, 11) is -2.18. The van der Waals surface area contributed by atoms with Crippen LogP contribution in [-0.2, 0) is 14.0 Å². The van der Waals surface area contributed by atoms with E-state index in [2.05, 4.69) is 61.5 Å². The second-order valence-corrected chi connectivity index (χ2v) is 19.3. The summed E-state index contributed by atoms with van der Waals surface area (Å²) in [5.74, 6) is -0.677. The van der Waals surface area contributed by atoms with Gasteiger partial charge in [-0.05, 0) is 54.2 Å². The van der Waals surface area contributed by atoms with Crippen molar-refractivity contribution < 1.29 is 28.4 Å². The second-order valence-electron chi connectivity index (χ2n) is 13.7. The molecule has 0 unspecified atom stereocenters. The van der Waals surface area contributed by atoms with Gasteiger partial charge in [-0.1, -0.05) is 58.9 Å². The summed E-state index contributed by atoms with van der Waals surface area (Å²) in [6, 6.07) is 8.76. The molecule has 1 saturated heterocycles. The number of hydrogen-bond donors (Lipinski definition) is 2. The Labute approximate surface area is 271 Å². The largest absolute Gasteiger partial charge is 0.473 e. The molecule has 12 heteroatoms. The normalized spacial score (nSPS) is 18.7. The Morgan fingerprint density at radius 1 is 1.20 bits per heavy atom. The topological polar surface area (TPSA) is 127 Å². The van der Waals surface area contributed by atoms with Crippen molar-refractivity contribution in [1.82, 2.24) is 20.4 Å². The predicted molar refractivity (Wildman–Crippen MR) is 178 cm³/mol. The fraction of sp³-hybridized carbons (Fsp3) is 0.576. The van der Waals surface area contributed by atoms with Crippen molar-refractivity contribution in [2.75, 3.05) is 19.8 Å². The van der Waals surface area contributed by atoms with Gasteiger partial charge >= 0.3 is 0 Å². The maximum atomic E-state index is 14.3. The summed E-state index contributed by atoms with van der Waals surface area (Å²) in [5.41, 5.74) is 4.89. The first-order valence-electron chi connectivity index (χ1n) is 15.6. The summed E-state index contributed by atoms with van der Waals surface area (Å²) in [4.78, 5) is 35.4. The van der Waals surface area contributed by atoms with Crippen molar-refractivity contribution in [2.24, 2.45) is 5.92 Å². The number of likely N-dealkylation sites (tertiary alicyclic amines) is 1. The summed E-state index contributed by atoms with van der Waals surface area (Å²) >= 11 is 1.60. The molecule has 4 atom stereocenters. The Morgan fingerprint density at radius 3 is 2.47 bits per heavy atom. The zero-order valence-electron chi connectivity index (χ0n) is 27.9. The first-order valence-corrected chi connectivity index (χ1v) is 19.4. The van der Waals surface area contributed by atoms with Crippen LogP contribution in [0.3, 0.4) is 0 Å². The number of aliphatic hydroxyl groups is 1. The number of thiazole rings is 1. The van der Waals surface area contributed by atoms with Gasteiger partial charge in [0.25, 0.3) is 5.88 Å². The molecule has 246 valence electrons. The van der Waals surface area contributed by atoms with Gasteiger partial charge in [0, 0.05) is 19.0 Å². The number of nitrogens with one attached hydrogen (secondary N) is 1. The highest BCUT2D eigenvalue weighted by Gasteiger charge is 2.47. The highest BCUT2D eigenvalue weighted by atomic mass is 32.1. The van der Waals surface area contributed by atoms with E-state index in [-0.39, 0.29) is 54.0 Å². The van der Waals surface area contributed by atoms with E-state index in [1.54, 1.807) is 22.3 Å². The quantitative estimate of drug-likeness (QED) is 0.225. The molecule has 2 amide bonds. The number of hydrogen-bond acceptors (Lipinski definition) is 9. The van der Waals surface area contributed by atoms with E-state index in [1.807, 2.05) is 45.3 Å². The van der Waals surface area contributed by atoms with Gasteiger partial charge in [0.15, 0.2) is 14.1 Å². The lowest BCUT2D eigenvalue weighted by atomic mass is 9.91. The van der Waals surface area contributed by atoms with Crippen molar-refractivity contribution >= 4 is 31.5 Å². The van der Waals surface area contributed by atoms with Crippen LogP contribution in [0.2, 0.25) is 18.1 Å². The van der Waals surface area contributed by atoms with Crippen LogP contribution in [-0.4, -0.2) is 72.2 Å². The van der Waals surface area contributed by atoms with Gasteiger partial charge in [0.05, 0.1) is 34.8 Å². The molecule has 3 heterocycles. The zero-order chi connectivity index (χ0) is 33.1. The molecule has 1 aromatic carbocycles. The molecule has 2 N–H and O–H groups in total. The Morgan fingerprint density at radius 2 is 1.89 bits per heavy atom. The number of aromatic nitrogens is 2. The van der Waals surface area contributed by atoms with Crippen LogP contribution < -0.4 is 10.1 Å². The lowest BCUT2D eigenvalue weighted by molar-refractivity contribution is -0.141. The minimum atomic E-state index is -2.18. The van der Waals surface area contributed by atoms with Gasteiger partial charge in [-0.3, -0.25) is 9.59 Å². The Kier molecular flexibility index (Phi) is 10.9. The van der Waals surface area contributed by atoms with E-state index in [9.17, 15) is 9.59 Å². The molecule has 4 rings (SSSR count). The number of aryl methyl sites for hydroxylation is 1. The highest BCUT2D eigenvalue weighted by molar-refractivity contribution is 7.13. The van der Waals surface area contributed by atoms with E-state index in [1.165, 1.54) is 0 Å². The molecule has 10 nitrogen and oxygen atoms in total. The third-order valence-electron chi connectivity index (χ3n) is 8.98. The number of carbonyl (C=O) groups is 2. The molecule has 3 aromatic rings. The standard InChI is InChI=1S/C33H48N4O6SSi/c1-20(2)29(27-17-28(36-42-27)41-15-14-38)32(40)37-18-25(43-45(8,9)33(5,6)7)16-26(37)31(39)35-21(3)23-10-12-24(13-11-23)30-22(4)34-19-44-30/h10-13,17,19-21,25-26,29,38H,14-16,18H2,1-9H3,(H,35,39)/t21-,25+,26-,29+/m0/s1. The molecule has 0 bridgehead atoms. The fourth-order valence-electron chi connectivity index (χ4n) is 5.41. The van der Waals surface area contributed by atoms with Gasteiger partial charge in [-0.15, -0.1) is 11.3 Å². The van der Waals surface area contributed by atoms with Crippen LogP contribution in [0.5, 0.6) is 5.88 Å². The molecule has 45 heavy (non-hydrogen) atoms. The van der Waals surface area contributed by atoms with Gasteiger partial charge in [0.1, 0.15) is 18.6 Å². The van der Waals surface area contributed by atoms with Gasteiger partial charge < -0.3 is 29.0 Å². The van der Waals surface area contributed by atoms with Crippen LogP contribution in [0, 0.1) is 12.8 Å². The summed E-state index contributed by atoms with van der Waals surface area (Å²) in [5, 5.41) is 16.2. The molecule has 0 spiro atoms. The van der Waals surface area contributed by atoms with E-state index in [0.29, 0.717) is 18.7 Å². The van der Waals surface area contributed by atoms with Crippen LogP contribution in [0.15, 0.2) is 40.4 Å². The Bertz CT molecular complexity index is 1450. The lowest BCUT2D eigenvalue weighted by Gasteiger charge is -2.38. The minimum Gasteiger partial charge on any atom is -0.473 e. The zero-order valence-corrected chi connectivity index (χ0v) is 29.7. The monoisotopic (exact) mass is 656 g/mol. The average Bonchev–Trinajstić information content (AvgIpc) is 3.71. The Hall–Kier alpha value is -3.06.